The van der Waals surface area contributed by atoms with Crippen molar-refractivity contribution in [2.24, 2.45) is 0 Å². The maximum absolute atomic E-state index is 11.9. The Bertz CT molecular complexity index is 784. The number of nitrogens with one attached hydrogen (secondary N) is 1. The molecule has 1 heterocycles. The van der Waals surface area contributed by atoms with Gasteiger partial charge in [0.05, 0.1) is 23.2 Å². The predicted octanol–water partition coefficient (Wildman–Crippen LogP) is 4.01. The van der Waals surface area contributed by atoms with Crippen LogP contribution in [0.4, 0.5) is 5.13 Å². The first-order valence-electron chi connectivity index (χ1n) is 7.05. The van der Waals surface area contributed by atoms with Gasteiger partial charge in [-0.2, -0.15) is 0 Å². The SMILES string of the molecule is Cc1ccc2nc(NC(=O)CCOc3ccccc3)sc2c1. The molecule has 0 atom stereocenters. The van der Waals surface area contributed by atoms with Crippen molar-refractivity contribution < 1.29 is 9.53 Å². The van der Waals surface area contributed by atoms with Crippen molar-refractivity contribution >= 4 is 32.6 Å². The summed E-state index contributed by atoms with van der Waals surface area (Å²) < 4.78 is 6.59. The fourth-order valence-corrected chi connectivity index (χ4v) is 3.03. The van der Waals surface area contributed by atoms with Crippen molar-refractivity contribution in [2.75, 3.05) is 11.9 Å². The number of para-hydroxylation sites is 1. The van der Waals surface area contributed by atoms with E-state index in [0.29, 0.717) is 18.2 Å². The summed E-state index contributed by atoms with van der Waals surface area (Å²) >= 11 is 1.49. The van der Waals surface area contributed by atoms with E-state index in [1.54, 1.807) is 0 Å². The van der Waals surface area contributed by atoms with Crippen LogP contribution < -0.4 is 10.1 Å². The number of aryl methyl sites for hydroxylation is 1. The summed E-state index contributed by atoms with van der Waals surface area (Å²) in [5.74, 6) is 0.678. The molecule has 4 nitrogen and oxygen atoms in total. The minimum atomic E-state index is -0.0910. The molecule has 22 heavy (non-hydrogen) atoms. The Kier molecular flexibility index (Phi) is 4.34. The summed E-state index contributed by atoms with van der Waals surface area (Å²) in [5.41, 5.74) is 2.09. The molecule has 2 aromatic carbocycles. The Morgan fingerprint density at radius 2 is 2.05 bits per heavy atom. The van der Waals surface area contributed by atoms with Gasteiger partial charge in [0.1, 0.15) is 5.75 Å². The van der Waals surface area contributed by atoms with E-state index in [-0.39, 0.29) is 5.91 Å². The van der Waals surface area contributed by atoms with Crippen molar-refractivity contribution in [3.05, 3.63) is 54.1 Å². The summed E-state index contributed by atoms with van der Waals surface area (Å²) in [5, 5.41) is 3.46. The highest BCUT2D eigenvalue weighted by Crippen LogP contribution is 2.26. The number of ether oxygens (including phenoxy) is 1. The van der Waals surface area contributed by atoms with Crippen LogP contribution in [0.5, 0.6) is 5.75 Å². The summed E-state index contributed by atoms with van der Waals surface area (Å²) in [6, 6.07) is 15.5. The predicted molar refractivity (Wildman–Crippen MR) is 89.5 cm³/mol. The molecular formula is C17H16N2O2S. The summed E-state index contributed by atoms with van der Waals surface area (Å²) in [6.45, 7) is 2.39. The van der Waals surface area contributed by atoms with Crippen LogP contribution in [0.25, 0.3) is 10.2 Å². The highest BCUT2D eigenvalue weighted by atomic mass is 32.1. The number of anilines is 1. The zero-order chi connectivity index (χ0) is 15.4. The third-order valence-electron chi connectivity index (χ3n) is 3.13. The molecule has 0 aliphatic heterocycles. The Morgan fingerprint density at radius 3 is 2.86 bits per heavy atom. The molecule has 5 heteroatoms. The first-order chi connectivity index (χ1) is 10.7. The molecule has 1 aromatic heterocycles. The summed E-state index contributed by atoms with van der Waals surface area (Å²) in [6.07, 6.45) is 0.295. The number of nitrogens with zero attached hydrogens (tertiary/aromatic N) is 1. The molecule has 0 radical (unpaired) electrons. The molecule has 1 amide bonds. The van der Waals surface area contributed by atoms with Gasteiger partial charge in [0, 0.05) is 0 Å². The number of fused-ring (bicyclic) bond motifs is 1. The van der Waals surface area contributed by atoms with Gasteiger partial charge in [0.15, 0.2) is 5.13 Å². The molecule has 0 fully saturated rings. The number of hydrogen-bond donors (Lipinski definition) is 1. The largest absolute Gasteiger partial charge is 0.493 e. The van der Waals surface area contributed by atoms with E-state index in [2.05, 4.69) is 16.4 Å². The van der Waals surface area contributed by atoms with Crippen LogP contribution >= 0.6 is 11.3 Å². The molecule has 0 aliphatic carbocycles. The minimum Gasteiger partial charge on any atom is -0.493 e. The van der Waals surface area contributed by atoms with Crippen molar-refractivity contribution in [2.45, 2.75) is 13.3 Å². The van der Waals surface area contributed by atoms with Gasteiger partial charge in [0.25, 0.3) is 0 Å². The second kappa shape index (κ2) is 6.58. The van der Waals surface area contributed by atoms with E-state index in [4.69, 9.17) is 4.74 Å². The summed E-state index contributed by atoms with van der Waals surface area (Å²) in [7, 11) is 0. The smallest absolute Gasteiger partial charge is 0.229 e. The van der Waals surface area contributed by atoms with Crippen LogP contribution in [0.15, 0.2) is 48.5 Å². The lowest BCUT2D eigenvalue weighted by atomic mass is 10.2. The Labute approximate surface area is 132 Å². The molecular weight excluding hydrogens is 296 g/mol. The molecule has 3 rings (SSSR count). The van der Waals surface area contributed by atoms with E-state index < -0.39 is 0 Å². The molecule has 1 N–H and O–H groups in total. The lowest BCUT2D eigenvalue weighted by Crippen LogP contribution is -2.14. The van der Waals surface area contributed by atoms with Gasteiger partial charge in [0.2, 0.25) is 5.91 Å². The molecule has 0 saturated carbocycles. The molecule has 0 saturated heterocycles. The Morgan fingerprint density at radius 1 is 1.23 bits per heavy atom. The van der Waals surface area contributed by atoms with E-state index in [9.17, 15) is 4.79 Å². The Hall–Kier alpha value is -2.40. The monoisotopic (exact) mass is 312 g/mol. The van der Waals surface area contributed by atoms with E-state index >= 15 is 0 Å². The second-order valence-electron chi connectivity index (χ2n) is 4.95. The van der Waals surface area contributed by atoms with Crippen LogP contribution in [0, 0.1) is 6.92 Å². The van der Waals surface area contributed by atoms with Gasteiger partial charge in [-0.1, -0.05) is 35.6 Å². The first kappa shape index (κ1) is 14.5. The van der Waals surface area contributed by atoms with E-state index in [0.717, 1.165) is 16.0 Å². The van der Waals surface area contributed by atoms with Crippen LogP contribution in [-0.4, -0.2) is 17.5 Å². The number of aromatic nitrogens is 1. The van der Waals surface area contributed by atoms with Crippen LogP contribution in [0.2, 0.25) is 0 Å². The number of thiazole rings is 1. The second-order valence-corrected chi connectivity index (χ2v) is 5.98. The van der Waals surface area contributed by atoms with Crippen molar-refractivity contribution in [1.29, 1.82) is 0 Å². The van der Waals surface area contributed by atoms with E-state index in [1.807, 2.05) is 49.4 Å². The van der Waals surface area contributed by atoms with E-state index in [1.165, 1.54) is 16.9 Å². The number of rotatable bonds is 5. The Balaban J connectivity index is 1.54. The molecule has 3 aromatic rings. The van der Waals surface area contributed by atoms with Crippen LogP contribution in [-0.2, 0) is 4.79 Å². The number of carbonyl (C=O) groups is 1. The fraction of sp³-hybridized carbons (Fsp3) is 0.176. The van der Waals surface area contributed by atoms with Crippen molar-refractivity contribution in [3.8, 4) is 5.75 Å². The van der Waals surface area contributed by atoms with Crippen molar-refractivity contribution in [3.63, 3.8) is 0 Å². The first-order valence-corrected chi connectivity index (χ1v) is 7.87. The number of carbonyl (C=O) groups excluding carboxylic acids is 1. The molecule has 112 valence electrons. The lowest BCUT2D eigenvalue weighted by molar-refractivity contribution is -0.116. The zero-order valence-corrected chi connectivity index (χ0v) is 13.0. The maximum atomic E-state index is 11.9. The molecule has 0 bridgehead atoms. The average Bonchev–Trinajstić information content (AvgIpc) is 2.89. The number of benzene rings is 2. The molecule has 0 unspecified atom stereocenters. The molecule has 0 aliphatic rings. The zero-order valence-electron chi connectivity index (χ0n) is 12.2. The van der Waals surface area contributed by atoms with Gasteiger partial charge in [-0.25, -0.2) is 4.98 Å². The highest BCUT2D eigenvalue weighted by Gasteiger charge is 2.08. The third kappa shape index (κ3) is 3.62. The third-order valence-corrected chi connectivity index (χ3v) is 4.06. The van der Waals surface area contributed by atoms with Crippen LogP contribution in [0.3, 0.4) is 0 Å². The van der Waals surface area contributed by atoms with Crippen molar-refractivity contribution in [1.82, 2.24) is 4.98 Å². The van der Waals surface area contributed by atoms with Crippen LogP contribution in [0.1, 0.15) is 12.0 Å². The standard InChI is InChI=1S/C17H16N2O2S/c1-12-7-8-14-15(11-12)22-17(18-14)19-16(20)9-10-21-13-5-3-2-4-6-13/h2-8,11H,9-10H2,1H3,(H,18,19,20). The lowest BCUT2D eigenvalue weighted by Gasteiger charge is -2.05. The highest BCUT2D eigenvalue weighted by molar-refractivity contribution is 7.22. The van der Waals surface area contributed by atoms with Gasteiger partial charge >= 0.3 is 0 Å². The van der Waals surface area contributed by atoms with Gasteiger partial charge in [-0.05, 0) is 36.8 Å². The fourth-order valence-electron chi connectivity index (χ4n) is 2.05. The average molecular weight is 312 g/mol. The quantitative estimate of drug-likeness (QED) is 0.774. The maximum Gasteiger partial charge on any atom is 0.229 e. The van der Waals surface area contributed by atoms with Gasteiger partial charge in [-0.15, -0.1) is 0 Å². The topological polar surface area (TPSA) is 51.2 Å². The molecule has 0 spiro atoms. The van der Waals surface area contributed by atoms with Gasteiger partial charge in [-0.3, -0.25) is 4.79 Å². The normalized spacial score (nSPS) is 10.6. The van der Waals surface area contributed by atoms with Gasteiger partial charge < -0.3 is 10.1 Å². The number of amides is 1. The number of hydrogen-bond acceptors (Lipinski definition) is 4. The summed E-state index contributed by atoms with van der Waals surface area (Å²) in [4.78, 5) is 16.3. The minimum absolute atomic E-state index is 0.0910.